The Morgan fingerprint density at radius 3 is 2.39 bits per heavy atom. The second-order valence-electron chi connectivity index (χ2n) is 9.09. The number of aliphatic hydroxyl groups is 1. The van der Waals surface area contributed by atoms with Crippen molar-refractivity contribution in [3.63, 3.8) is 0 Å². The number of halogens is 1. The number of Topliss-reactive ketones (excluding diaryl/α,β-unsaturated/α-hetero) is 1. The van der Waals surface area contributed by atoms with E-state index in [2.05, 4.69) is 4.98 Å². The quantitative estimate of drug-likeness (QED) is 0.176. The average molecular weight is 525 g/mol. The molecule has 0 bridgehead atoms. The first-order valence-corrected chi connectivity index (χ1v) is 12.5. The fourth-order valence-corrected chi connectivity index (χ4v) is 4.70. The SMILES string of the molecule is Cc1cc(C(O)=C2C(=O)C(=O)N(Cc3cccnc3)[C@@H]2c2ccc(Cl)cc2)ccc1OCc1ccccc1. The molecule has 5 rings (SSSR count). The van der Waals surface area contributed by atoms with Crippen molar-refractivity contribution in [3.05, 3.63) is 136 Å². The third-order valence-corrected chi connectivity index (χ3v) is 6.74. The van der Waals surface area contributed by atoms with Crippen molar-refractivity contribution in [3.8, 4) is 5.75 Å². The van der Waals surface area contributed by atoms with E-state index in [4.69, 9.17) is 16.3 Å². The highest BCUT2D eigenvalue weighted by molar-refractivity contribution is 6.46. The summed E-state index contributed by atoms with van der Waals surface area (Å²) in [5.41, 5.74) is 3.71. The summed E-state index contributed by atoms with van der Waals surface area (Å²) in [4.78, 5) is 32.1. The zero-order valence-corrected chi connectivity index (χ0v) is 21.4. The Labute approximate surface area is 225 Å². The fourth-order valence-electron chi connectivity index (χ4n) is 4.57. The number of aromatic nitrogens is 1. The molecule has 7 heteroatoms. The van der Waals surface area contributed by atoms with E-state index in [-0.39, 0.29) is 17.9 Å². The molecule has 38 heavy (non-hydrogen) atoms. The van der Waals surface area contributed by atoms with Gasteiger partial charge in [-0.05, 0) is 65.6 Å². The normalized spacial score (nSPS) is 16.6. The first-order chi connectivity index (χ1) is 18.4. The van der Waals surface area contributed by atoms with Gasteiger partial charge in [-0.3, -0.25) is 14.6 Å². The van der Waals surface area contributed by atoms with Crippen molar-refractivity contribution in [2.45, 2.75) is 26.1 Å². The van der Waals surface area contributed by atoms with Crippen LogP contribution >= 0.6 is 11.6 Å². The molecule has 1 aliphatic rings. The summed E-state index contributed by atoms with van der Waals surface area (Å²) in [7, 11) is 0. The van der Waals surface area contributed by atoms with Gasteiger partial charge < -0.3 is 14.7 Å². The lowest BCUT2D eigenvalue weighted by Crippen LogP contribution is -2.29. The van der Waals surface area contributed by atoms with Gasteiger partial charge in [0.1, 0.15) is 18.1 Å². The molecule has 1 atom stereocenters. The molecule has 1 N–H and O–H groups in total. The van der Waals surface area contributed by atoms with E-state index >= 15 is 0 Å². The molecule has 1 aromatic heterocycles. The molecule has 2 heterocycles. The summed E-state index contributed by atoms with van der Waals surface area (Å²) in [6, 6.07) is 24.8. The summed E-state index contributed by atoms with van der Waals surface area (Å²) in [6.45, 7) is 2.44. The number of hydrogen-bond donors (Lipinski definition) is 1. The number of aliphatic hydroxyl groups excluding tert-OH is 1. The van der Waals surface area contributed by atoms with Crippen molar-refractivity contribution >= 4 is 29.1 Å². The molecule has 0 spiro atoms. The lowest BCUT2D eigenvalue weighted by Gasteiger charge is -2.25. The van der Waals surface area contributed by atoms with Gasteiger partial charge in [0.2, 0.25) is 0 Å². The van der Waals surface area contributed by atoms with Gasteiger partial charge in [-0.15, -0.1) is 0 Å². The van der Waals surface area contributed by atoms with E-state index in [1.807, 2.05) is 43.3 Å². The number of ketones is 1. The third-order valence-electron chi connectivity index (χ3n) is 6.49. The van der Waals surface area contributed by atoms with Crippen molar-refractivity contribution in [1.82, 2.24) is 9.88 Å². The van der Waals surface area contributed by atoms with E-state index in [0.717, 1.165) is 16.7 Å². The number of ether oxygens (including phenoxy) is 1. The predicted octanol–water partition coefficient (Wildman–Crippen LogP) is 6.24. The molecule has 1 aliphatic heterocycles. The van der Waals surface area contributed by atoms with Crippen LogP contribution in [-0.2, 0) is 22.7 Å². The number of nitrogens with zero attached hydrogens (tertiary/aromatic N) is 2. The Morgan fingerprint density at radius 1 is 0.974 bits per heavy atom. The molecule has 6 nitrogen and oxygen atoms in total. The Balaban J connectivity index is 1.51. The lowest BCUT2D eigenvalue weighted by atomic mass is 9.94. The number of benzene rings is 3. The maximum atomic E-state index is 13.3. The molecular weight excluding hydrogens is 500 g/mol. The summed E-state index contributed by atoms with van der Waals surface area (Å²) < 4.78 is 5.96. The summed E-state index contributed by atoms with van der Waals surface area (Å²) in [5.74, 6) is -1.00. The third kappa shape index (κ3) is 5.17. The summed E-state index contributed by atoms with van der Waals surface area (Å²) in [6.07, 6.45) is 3.29. The summed E-state index contributed by atoms with van der Waals surface area (Å²) >= 11 is 6.10. The Hall–Kier alpha value is -4.42. The van der Waals surface area contributed by atoms with Crippen molar-refractivity contribution in [2.24, 2.45) is 0 Å². The zero-order valence-electron chi connectivity index (χ0n) is 20.7. The fraction of sp³-hybridized carbons (Fsp3) is 0.129. The molecule has 0 unspecified atom stereocenters. The predicted molar refractivity (Wildman–Crippen MR) is 145 cm³/mol. The number of rotatable bonds is 7. The highest BCUT2D eigenvalue weighted by Crippen LogP contribution is 2.41. The first kappa shape index (κ1) is 25.2. The van der Waals surface area contributed by atoms with Crippen LogP contribution in [0.25, 0.3) is 5.76 Å². The minimum Gasteiger partial charge on any atom is -0.507 e. The Morgan fingerprint density at radius 2 is 1.71 bits per heavy atom. The maximum Gasteiger partial charge on any atom is 0.295 e. The Kier molecular flexibility index (Phi) is 7.24. The van der Waals surface area contributed by atoms with Gasteiger partial charge >= 0.3 is 0 Å². The van der Waals surface area contributed by atoms with Gasteiger partial charge in [0, 0.05) is 29.5 Å². The minimum absolute atomic E-state index is 0.0265. The van der Waals surface area contributed by atoms with Gasteiger partial charge in [0.25, 0.3) is 11.7 Å². The largest absolute Gasteiger partial charge is 0.507 e. The van der Waals surface area contributed by atoms with Crippen LogP contribution in [0.15, 0.2) is 103 Å². The number of aryl methyl sites for hydroxylation is 1. The van der Waals surface area contributed by atoms with E-state index in [1.165, 1.54) is 4.90 Å². The molecular formula is C31H25ClN2O4. The number of carbonyl (C=O) groups is 2. The standard InChI is InChI=1S/C31H25ClN2O4/c1-20-16-24(11-14-26(20)38-19-21-6-3-2-4-7-21)29(35)27-28(23-9-12-25(32)13-10-23)34(31(37)30(27)36)18-22-8-5-15-33-17-22/h2-17,28,35H,18-19H2,1H3/t28-/m1/s1. The molecule has 0 saturated carbocycles. The van der Waals surface area contributed by atoms with Crippen molar-refractivity contribution in [1.29, 1.82) is 0 Å². The number of likely N-dealkylation sites (tertiary alicyclic amines) is 1. The molecule has 1 fully saturated rings. The number of pyridine rings is 1. The summed E-state index contributed by atoms with van der Waals surface area (Å²) in [5, 5.41) is 11.9. The zero-order chi connectivity index (χ0) is 26.6. The van der Waals surface area contributed by atoms with Crippen molar-refractivity contribution in [2.75, 3.05) is 0 Å². The second-order valence-corrected chi connectivity index (χ2v) is 9.53. The monoisotopic (exact) mass is 524 g/mol. The smallest absolute Gasteiger partial charge is 0.295 e. The van der Waals surface area contributed by atoms with Gasteiger partial charge in [-0.1, -0.05) is 60.1 Å². The van der Waals surface area contributed by atoms with Gasteiger partial charge in [-0.25, -0.2) is 0 Å². The van der Waals surface area contributed by atoms with Crippen molar-refractivity contribution < 1.29 is 19.4 Å². The van der Waals surface area contributed by atoms with Gasteiger partial charge in [0.05, 0.1) is 11.6 Å². The van der Waals surface area contributed by atoms with Crippen LogP contribution in [0.2, 0.25) is 5.02 Å². The topological polar surface area (TPSA) is 79.7 Å². The van der Waals surface area contributed by atoms with Crippen LogP contribution in [0.5, 0.6) is 5.75 Å². The van der Waals surface area contributed by atoms with E-state index in [9.17, 15) is 14.7 Å². The molecule has 3 aromatic carbocycles. The number of amides is 1. The van der Waals surface area contributed by atoms with E-state index in [0.29, 0.717) is 28.5 Å². The van der Waals surface area contributed by atoms with Crippen LogP contribution in [-0.4, -0.2) is 26.7 Å². The highest BCUT2D eigenvalue weighted by atomic mass is 35.5. The maximum absolute atomic E-state index is 13.3. The molecule has 1 amide bonds. The minimum atomic E-state index is -0.790. The molecule has 4 aromatic rings. The molecule has 0 radical (unpaired) electrons. The van der Waals surface area contributed by atoms with Gasteiger partial charge in [-0.2, -0.15) is 0 Å². The number of carbonyl (C=O) groups excluding carboxylic acids is 2. The first-order valence-electron chi connectivity index (χ1n) is 12.1. The van der Waals surface area contributed by atoms with E-state index in [1.54, 1.807) is 60.9 Å². The van der Waals surface area contributed by atoms with Crippen LogP contribution in [0.1, 0.15) is 33.9 Å². The van der Waals surface area contributed by atoms with Crippen LogP contribution in [0, 0.1) is 6.92 Å². The second kappa shape index (κ2) is 10.9. The lowest BCUT2D eigenvalue weighted by molar-refractivity contribution is -0.140. The molecule has 1 saturated heterocycles. The highest BCUT2D eigenvalue weighted by Gasteiger charge is 2.46. The molecule has 0 aliphatic carbocycles. The average Bonchev–Trinajstić information content (AvgIpc) is 3.18. The molecule has 190 valence electrons. The van der Waals surface area contributed by atoms with Crippen LogP contribution in [0.4, 0.5) is 0 Å². The van der Waals surface area contributed by atoms with Crippen LogP contribution < -0.4 is 4.74 Å². The van der Waals surface area contributed by atoms with Gasteiger partial charge in [0.15, 0.2) is 0 Å². The van der Waals surface area contributed by atoms with Crippen LogP contribution in [0.3, 0.4) is 0 Å². The number of hydrogen-bond acceptors (Lipinski definition) is 5. The van der Waals surface area contributed by atoms with E-state index < -0.39 is 17.7 Å². The Bertz CT molecular complexity index is 1500.